The van der Waals surface area contributed by atoms with Gasteiger partial charge >= 0.3 is 0 Å². The van der Waals surface area contributed by atoms with Crippen molar-refractivity contribution in [2.45, 2.75) is 52.6 Å². The molecule has 2 saturated carbocycles. The lowest BCUT2D eigenvalue weighted by Crippen LogP contribution is -2.55. The summed E-state index contributed by atoms with van der Waals surface area (Å²) in [5, 5.41) is 11.1. The topological polar surface area (TPSA) is 54.4 Å². The molecule has 2 fully saturated rings. The van der Waals surface area contributed by atoms with E-state index in [9.17, 15) is 14.7 Å². The van der Waals surface area contributed by atoms with Gasteiger partial charge in [-0.15, -0.1) is 0 Å². The Labute approximate surface area is 143 Å². The number of Topliss-reactive ketones (excluding diaryl/α,β-unsaturated/α-hetero) is 1. The van der Waals surface area contributed by atoms with Crippen molar-refractivity contribution in [3.8, 4) is 0 Å². The summed E-state index contributed by atoms with van der Waals surface area (Å²) in [6.07, 6.45) is 10.7. The molecule has 3 heteroatoms. The predicted octanol–water partition coefficient (Wildman–Crippen LogP) is 3.39. The van der Waals surface area contributed by atoms with E-state index >= 15 is 0 Å². The molecule has 4 rings (SSSR count). The van der Waals surface area contributed by atoms with Crippen LogP contribution in [0, 0.1) is 28.6 Å². The van der Waals surface area contributed by atoms with Gasteiger partial charge in [0.15, 0.2) is 11.6 Å². The smallest absolute Gasteiger partial charge is 0.178 e. The van der Waals surface area contributed by atoms with E-state index in [-0.39, 0.29) is 28.3 Å². The number of carbonyl (C=O) groups excluding carboxylic acids is 2. The minimum atomic E-state index is -0.441. The molecule has 0 saturated heterocycles. The summed E-state index contributed by atoms with van der Waals surface area (Å²) >= 11 is 0. The monoisotopic (exact) mass is 326 g/mol. The third-order valence-electron chi connectivity index (χ3n) is 7.46. The summed E-state index contributed by atoms with van der Waals surface area (Å²) in [4.78, 5) is 23.9. The Bertz CT molecular complexity index is 713. The van der Waals surface area contributed by atoms with Crippen molar-refractivity contribution in [3.63, 3.8) is 0 Å². The van der Waals surface area contributed by atoms with Crippen LogP contribution < -0.4 is 0 Å². The molecule has 0 aliphatic heterocycles. The fourth-order valence-corrected chi connectivity index (χ4v) is 6.44. The van der Waals surface area contributed by atoms with E-state index in [1.165, 1.54) is 5.57 Å². The highest BCUT2D eigenvalue weighted by Gasteiger charge is 2.60. The highest BCUT2D eigenvalue weighted by atomic mass is 16.3. The van der Waals surface area contributed by atoms with E-state index in [1.807, 2.05) is 6.08 Å². The van der Waals surface area contributed by atoms with Crippen LogP contribution in [-0.2, 0) is 9.59 Å². The molecule has 0 bridgehead atoms. The molecule has 0 aromatic rings. The second-order valence-electron chi connectivity index (χ2n) is 8.62. The van der Waals surface area contributed by atoms with Crippen LogP contribution in [0.3, 0.4) is 0 Å². The molecule has 128 valence electrons. The molecule has 1 N–H and O–H groups in total. The molecule has 24 heavy (non-hydrogen) atoms. The summed E-state index contributed by atoms with van der Waals surface area (Å²) in [6.45, 7) is 6.00. The van der Waals surface area contributed by atoms with Gasteiger partial charge in [-0.25, -0.2) is 0 Å². The maximum Gasteiger partial charge on any atom is 0.178 e. The first-order valence-corrected chi connectivity index (χ1v) is 9.11. The van der Waals surface area contributed by atoms with Gasteiger partial charge in [-0.05, 0) is 62.2 Å². The van der Waals surface area contributed by atoms with Gasteiger partial charge < -0.3 is 5.11 Å². The van der Waals surface area contributed by atoms with Gasteiger partial charge in [0, 0.05) is 16.7 Å². The van der Waals surface area contributed by atoms with Crippen molar-refractivity contribution in [3.05, 3.63) is 35.5 Å². The minimum Gasteiger partial charge on any atom is -0.393 e. The molecule has 3 nitrogen and oxygen atoms in total. The van der Waals surface area contributed by atoms with Gasteiger partial charge in [-0.1, -0.05) is 31.6 Å². The lowest BCUT2D eigenvalue weighted by atomic mass is 9.47. The number of fused-ring (bicyclic) bond motifs is 5. The first-order chi connectivity index (χ1) is 11.3. The van der Waals surface area contributed by atoms with Crippen molar-refractivity contribution in [1.82, 2.24) is 0 Å². The highest BCUT2D eigenvalue weighted by molar-refractivity contribution is 6.01. The molecule has 0 aromatic heterocycles. The predicted molar refractivity (Wildman–Crippen MR) is 92.2 cm³/mol. The largest absolute Gasteiger partial charge is 0.393 e. The van der Waals surface area contributed by atoms with Crippen LogP contribution in [-0.4, -0.2) is 22.8 Å². The van der Waals surface area contributed by atoms with Crippen LogP contribution in [0.25, 0.3) is 0 Å². The number of hydrogen-bond donors (Lipinski definition) is 1. The summed E-state index contributed by atoms with van der Waals surface area (Å²) in [7, 11) is 0. The first kappa shape index (κ1) is 16.0. The molecule has 6 unspecified atom stereocenters. The number of ketones is 2. The van der Waals surface area contributed by atoms with E-state index in [1.54, 1.807) is 19.1 Å². The fraction of sp³-hybridized carbons (Fsp3) is 0.619. The van der Waals surface area contributed by atoms with Crippen LogP contribution in [0.2, 0.25) is 0 Å². The van der Waals surface area contributed by atoms with Gasteiger partial charge in [0.25, 0.3) is 0 Å². The molecule has 0 spiro atoms. The molecule has 0 amide bonds. The van der Waals surface area contributed by atoms with Gasteiger partial charge in [0.05, 0.1) is 6.10 Å². The zero-order valence-electron chi connectivity index (χ0n) is 14.7. The second kappa shape index (κ2) is 5.01. The highest BCUT2D eigenvalue weighted by Crippen LogP contribution is 2.64. The van der Waals surface area contributed by atoms with Gasteiger partial charge in [0.1, 0.15) is 0 Å². The van der Waals surface area contributed by atoms with E-state index in [0.717, 1.165) is 24.8 Å². The Morgan fingerprint density at radius 1 is 1.33 bits per heavy atom. The van der Waals surface area contributed by atoms with Crippen LogP contribution in [0.1, 0.15) is 46.5 Å². The molecular formula is C21H26O3. The van der Waals surface area contributed by atoms with E-state index in [0.29, 0.717) is 18.3 Å². The van der Waals surface area contributed by atoms with Crippen molar-refractivity contribution in [1.29, 1.82) is 0 Å². The van der Waals surface area contributed by atoms with Crippen molar-refractivity contribution in [2.24, 2.45) is 28.6 Å². The third kappa shape index (κ3) is 1.94. The van der Waals surface area contributed by atoms with E-state index < -0.39 is 6.10 Å². The lowest BCUT2D eigenvalue weighted by Gasteiger charge is -2.58. The Morgan fingerprint density at radius 3 is 2.79 bits per heavy atom. The summed E-state index contributed by atoms with van der Waals surface area (Å²) in [6, 6.07) is 0. The van der Waals surface area contributed by atoms with Crippen LogP contribution in [0.4, 0.5) is 0 Å². The summed E-state index contributed by atoms with van der Waals surface area (Å²) in [5.74, 6) is 1.18. The number of allylic oxidation sites excluding steroid dienone is 6. The van der Waals surface area contributed by atoms with Crippen molar-refractivity contribution >= 4 is 11.6 Å². The number of aliphatic hydroxyl groups excluding tert-OH is 1. The standard InChI is InChI=1S/C21H26O3/c1-12(22)16-6-7-17-15-5-4-13-10-14(23)8-9-20(13,2)19(15)18(24)11-21(16,17)3/h6,8-10,15,17-19,24H,4-5,7,11H2,1-3H3. The SMILES string of the molecule is CC(=O)C1=CCC2C3CCC4=CC(=O)C=CC4(C)C3C(O)CC12C. The normalized spacial score (nSPS) is 46.6. The molecule has 0 heterocycles. The average molecular weight is 326 g/mol. The average Bonchev–Trinajstić information content (AvgIpc) is 2.84. The Kier molecular flexibility index (Phi) is 3.34. The van der Waals surface area contributed by atoms with Crippen LogP contribution in [0.5, 0.6) is 0 Å². The summed E-state index contributed by atoms with van der Waals surface area (Å²) in [5.41, 5.74) is 1.68. The van der Waals surface area contributed by atoms with Gasteiger partial charge in [-0.2, -0.15) is 0 Å². The third-order valence-corrected chi connectivity index (χ3v) is 7.46. The molecule has 0 radical (unpaired) electrons. The quantitative estimate of drug-likeness (QED) is 0.803. The molecule has 4 aliphatic rings. The number of aliphatic hydroxyl groups is 1. The lowest BCUT2D eigenvalue weighted by molar-refractivity contribution is -0.120. The molecule has 4 aliphatic carbocycles. The van der Waals surface area contributed by atoms with Crippen LogP contribution in [0.15, 0.2) is 35.5 Å². The molecular weight excluding hydrogens is 300 g/mol. The maximum absolute atomic E-state index is 12.1. The molecule has 6 atom stereocenters. The zero-order chi connectivity index (χ0) is 17.3. The van der Waals surface area contributed by atoms with Gasteiger partial charge in [-0.3, -0.25) is 9.59 Å². The van der Waals surface area contributed by atoms with Crippen molar-refractivity contribution in [2.75, 3.05) is 0 Å². The Balaban J connectivity index is 1.75. The number of rotatable bonds is 1. The first-order valence-electron chi connectivity index (χ1n) is 9.11. The Morgan fingerprint density at radius 2 is 2.08 bits per heavy atom. The van der Waals surface area contributed by atoms with E-state index in [4.69, 9.17) is 0 Å². The fourth-order valence-electron chi connectivity index (χ4n) is 6.44. The van der Waals surface area contributed by atoms with Gasteiger partial charge in [0.2, 0.25) is 0 Å². The van der Waals surface area contributed by atoms with Crippen LogP contribution >= 0.6 is 0 Å². The number of carbonyl (C=O) groups is 2. The maximum atomic E-state index is 12.1. The number of hydrogen-bond acceptors (Lipinski definition) is 3. The van der Waals surface area contributed by atoms with E-state index in [2.05, 4.69) is 19.9 Å². The Hall–Kier alpha value is -1.48. The zero-order valence-corrected chi connectivity index (χ0v) is 14.7. The summed E-state index contributed by atoms with van der Waals surface area (Å²) < 4.78 is 0. The second-order valence-corrected chi connectivity index (χ2v) is 8.62. The molecule has 0 aromatic carbocycles. The van der Waals surface area contributed by atoms with Crippen molar-refractivity contribution < 1.29 is 14.7 Å². The minimum absolute atomic E-state index is 0.0671.